The van der Waals surface area contributed by atoms with Gasteiger partial charge < -0.3 is 19.3 Å². The van der Waals surface area contributed by atoms with Crippen molar-refractivity contribution in [1.82, 2.24) is 0 Å². The average molecular weight is 162 g/mol. The minimum atomic E-state index is -0.683. The maximum Gasteiger partial charge on any atom is 0.159 e. The minimum absolute atomic E-state index is 0.0325. The van der Waals surface area contributed by atoms with Crippen LogP contribution in [0.4, 0.5) is 0 Å². The molecule has 0 unspecified atom stereocenters. The Morgan fingerprint density at radius 3 is 2.82 bits per heavy atom. The first-order valence-electron chi connectivity index (χ1n) is 3.66. The van der Waals surface area contributed by atoms with Crippen molar-refractivity contribution >= 4 is 0 Å². The van der Waals surface area contributed by atoms with Crippen LogP contribution in [0.1, 0.15) is 6.92 Å². The van der Waals surface area contributed by atoms with Crippen LogP contribution in [0.2, 0.25) is 0 Å². The molecule has 1 aliphatic heterocycles. The molecule has 1 N–H and O–H groups in total. The molecular formula is C7H14O4. The van der Waals surface area contributed by atoms with E-state index in [-0.39, 0.29) is 18.8 Å². The van der Waals surface area contributed by atoms with Gasteiger partial charge >= 0.3 is 0 Å². The zero-order valence-corrected chi connectivity index (χ0v) is 6.82. The van der Waals surface area contributed by atoms with Crippen molar-refractivity contribution in [3.05, 3.63) is 0 Å². The van der Waals surface area contributed by atoms with Crippen LogP contribution < -0.4 is 0 Å². The van der Waals surface area contributed by atoms with Crippen LogP contribution in [-0.4, -0.2) is 38.0 Å². The van der Waals surface area contributed by atoms with Crippen LogP contribution in [-0.2, 0) is 14.2 Å². The zero-order valence-electron chi connectivity index (χ0n) is 6.82. The van der Waals surface area contributed by atoms with Crippen LogP contribution >= 0.6 is 0 Å². The Morgan fingerprint density at radius 2 is 2.36 bits per heavy atom. The fourth-order valence-corrected chi connectivity index (χ4v) is 1.04. The van der Waals surface area contributed by atoms with Crippen LogP contribution in [0.15, 0.2) is 0 Å². The number of methoxy groups -OCH3 is 1. The van der Waals surface area contributed by atoms with Gasteiger partial charge in [-0.2, -0.15) is 0 Å². The number of aliphatic hydroxyl groups is 1. The van der Waals surface area contributed by atoms with Crippen LogP contribution in [0.5, 0.6) is 0 Å². The Kier molecular flexibility index (Phi) is 3.26. The van der Waals surface area contributed by atoms with Gasteiger partial charge in [0.1, 0.15) is 6.79 Å². The molecule has 0 bridgehead atoms. The van der Waals surface area contributed by atoms with Crippen molar-refractivity contribution in [1.29, 1.82) is 0 Å². The highest BCUT2D eigenvalue weighted by Crippen LogP contribution is 2.21. The highest BCUT2D eigenvalue weighted by atomic mass is 16.7. The van der Waals surface area contributed by atoms with Crippen molar-refractivity contribution in [3.8, 4) is 0 Å². The number of rotatable bonds is 3. The molecule has 0 aromatic carbocycles. The normalized spacial score (nSPS) is 37.9. The monoisotopic (exact) mass is 162 g/mol. The molecule has 1 saturated heterocycles. The molecule has 1 rings (SSSR count). The molecular weight excluding hydrogens is 148 g/mol. The highest BCUT2D eigenvalue weighted by Gasteiger charge is 2.32. The molecule has 66 valence electrons. The second-order valence-corrected chi connectivity index (χ2v) is 2.69. The fourth-order valence-electron chi connectivity index (χ4n) is 1.04. The molecule has 0 spiro atoms. The molecule has 3 atom stereocenters. The summed E-state index contributed by atoms with van der Waals surface area (Å²) in [6, 6.07) is 0. The molecule has 0 saturated carbocycles. The van der Waals surface area contributed by atoms with E-state index in [1.54, 1.807) is 7.11 Å². The topological polar surface area (TPSA) is 47.9 Å². The standard InChI is InChI=1S/C7H14O4/c1-5-6(11-4-9-2)3-10-7(5)8/h5-8H,3-4H2,1-2H3/t5-,6-,7-/m1/s1. The lowest BCUT2D eigenvalue weighted by atomic mass is 10.1. The van der Waals surface area contributed by atoms with E-state index in [2.05, 4.69) is 0 Å². The molecule has 4 nitrogen and oxygen atoms in total. The number of ether oxygens (including phenoxy) is 3. The summed E-state index contributed by atoms with van der Waals surface area (Å²) in [6.45, 7) is 2.59. The van der Waals surface area contributed by atoms with Gasteiger partial charge in [0.15, 0.2) is 6.29 Å². The lowest BCUT2D eigenvalue weighted by Gasteiger charge is -2.14. The van der Waals surface area contributed by atoms with E-state index in [0.717, 1.165) is 0 Å². The second-order valence-electron chi connectivity index (χ2n) is 2.69. The number of aliphatic hydroxyl groups excluding tert-OH is 1. The van der Waals surface area contributed by atoms with Gasteiger partial charge in [0.05, 0.1) is 12.7 Å². The molecule has 0 radical (unpaired) electrons. The van der Waals surface area contributed by atoms with Crippen molar-refractivity contribution in [2.75, 3.05) is 20.5 Å². The van der Waals surface area contributed by atoms with E-state index < -0.39 is 6.29 Å². The van der Waals surface area contributed by atoms with Crippen molar-refractivity contribution in [2.24, 2.45) is 5.92 Å². The molecule has 0 aromatic heterocycles. The van der Waals surface area contributed by atoms with Crippen LogP contribution in [0, 0.1) is 5.92 Å². The largest absolute Gasteiger partial charge is 0.368 e. The predicted octanol–water partition coefficient (Wildman–Crippen LogP) is -0.0398. The van der Waals surface area contributed by atoms with E-state index in [4.69, 9.17) is 19.3 Å². The van der Waals surface area contributed by atoms with Gasteiger partial charge in [-0.05, 0) is 0 Å². The Morgan fingerprint density at radius 1 is 1.64 bits per heavy atom. The van der Waals surface area contributed by atoms with Gasteiger partial charge in [-0.25, -0.2) is 0 Å². The van der Waals surface area contributed by atoms with Crippen LogP contribution in [0.3, 0.4) is 0 Å². The smallest absolute Gasteiger partial charge is 0.159 e. The Labute approximate surface area is 66.1 Å². The Hall–Kier alpha value is -0.160. The first-order chi connectivity index (χ1) is 5.25. The predicted molar refractivity (Wildman–Crippen MR) is 37.9 cm³/mol. The Bertz CT molecular complexity index is 117. The summed E-state index contributed by atoms with van der Waals surface area (Å²) in [6.07, 6.45) is -0.721. The van der Waals surface area contributed by atoms with Gasteiger partial charge in [-0.1, -0.05) is 6.92 Å². The van der Waals surface area contributed by atoms with Crippen molar-refractivity contribution < 1.29 is 19.3 Å². The van der Waals surface area contributed by atoms with E-state index in [9.17, 15) is 0 Å². The third-order valence-corrected chi connectivity index (χ3v) is 1.87. The van der Waals surface area contributed by atoms with Gasteiger partial charge in [-0.3, -0.25) is 0 Å². The summed E-state index contributed by atoms with van der Waals surface area (Å²) in [5.74, 6) is 0.0325. The first-order valence-corrected chi connectivity index (χ1v) is 3.66. The van der Waals surface area contributed by atoms with E-state index >= 15 is 0 Å². The third kappa shape index (κ3) is 2.13. The maximum atomic E-state index is 9.12. The summed E-state index contributed by atoms with van der Waals surface area (Å²) < 4.78 is 14.9. The molecule has 0 aromatic rings. The van der Waals surface area contributed by atoms with Gasteiger partial charge in [-0.15, -0.1) is 0 Å². The molecule has 1 aliphatic rings. The third-order valence-electron chi connectivity index (χ3n) is 1.87. The fraction of sp³-hybridized carbons (Fsp3) is 1.00. The SMILES string of the molecule is COCO[C@@H]1CO[C@@H](O)[C@@H]1C. The second kappa shape index (κ2) is 4.01. The number of hydrogen-bond donors (Lipinski definition) is 1. The molecule has 1 heterocycles. The molecule has 0 aliphatic carbocycles. The minimum Gasteiger partial charge on any atom is -0.368 e. The summed E-state index contributed by atoms with van der Waals surface area (Å²) in [4.78, 5) is 0. The highest BCUT2D eigenvalue weighted by molar-refractivity contribution is 4.74. The van der Waals surface area contributed by atoms with Crippen molar-refractivity contribution in [3.63, 3.8) is 0 Å². The summed E-state index contributed by atoms with van der Waals surface area (Å²) >= 11 is 0. The van der Waals surface area contributed by atoms with Gasteiger partial charge in [0.2, 0.25) is 0 Å². The lowest BCUT2D eigenvalue weighted by Crippen LogP contribution is -2.24. The summed E-state index contributed by atoms with van der Waals surface area (Å²) in [5.41, 5.74) is 0. The lowest BCUT2D eigenvalue weighted by molar-refractivity contribution is -0.0862. The Balaban J connectivity index is 2.24. The summed E-state index contributed by atoms with van der Waals surface area (Å²) in [5, 5.41) is 9.12. The van der Waals surface area contributed by atoms with Crippen molar-refractivity contribution in [2.45, 2.75) is 19.3 Å². The first kappa shape index (κ1) is 8.93. The quantitative estimate of drug-likeness (QED) is 0.591. The molecule has 11 heavy (non-hydrogen) atoms. The van der Waals surface area contributed by atoms with E-state index in [0.29, 0.717) is 6.61 Å². The average Bonchev–Trinajstić information content (AvgIpc) is 2.31. The molecule has 1 fully saturated rings. The molecule has 0 amide bonds. The van der Waals surface area contributed by atoms with E-state index in [1.165, 1.54) is 0 Å². The number of hydrogen-bond acceptors (Lipinski definition) is 4. The van der Waals surface area contributed by atoms with Gasteiger partial charge in [0, 0.05) is 13.0 Å². The van der Waals surface area contributed by atoms with E-state index in [1.807, 2.05) is 6.92 Å². The zero-order chi connectivity index (χ0) is 8.27. The molecule has 4 heteroatoms. The van der Waals surface area contributed by atoms with Crippen LogP contribution in [0.25, 0.3) is 0 Å². The maximum absolute atomic E-state index is 9.12. The van der Waals surface area contributed by atoms with Gasteiger partial charge in [0.25, 0.3) is 0 Å². The summed E-state index contributed by atoms with van der Waals surface area (Å²) in [7, 11) is 1.57.